The Kier molecular flexibility index (Phi) is 6.05. The summed E-state index contributed by atoms with van der Waals surface area (Å²) in [5.41, 5.74) is 2.18. The largest absolute Gasteiger partial charge is 0.461 e. The van der Waals surface area contributed by atoms with E-state index >= 15 is 0 Å². The number of fused-ring (bicyclic) bond motifs is 2. The van der Waals surface area contributed by atoms with Crippen LogP contribution < -0.4 is 5.32 Å². The fraction of sp³-hybridized carbons (Fsp3) is 0.375. The van der Waals surface area contributed by atoms with Crippen LogP contribution in [0.15, 0.2) is 54.6 Å². The topological polar surface area (TPSA) is 122 Å². The number of aliphatic hydroxyl groups excluding tert-OH is 2. The van der Waals surface area contributed by atoms with E-state index in [4.69, 9.17) is 18.9 Å². The summed E-state index contributed by atoms with van der Waals surface area (Å²) in [5.74, 6) is -0.532. The molecule has 2 aliphatic heterocycles. The molecule has 2 aromatic carbocycles. The van der Waals surface area contributed by atoms with E-state index in [1.807, 2.05) is 54.6 Å². The number of hydrogen-bond acceptors (Lipinski definition) is 8. The second-order valence-corrected chi connectivity index (χ2v) is 8.04. The Morgan fingerprint density at radius 1 is 1.09 bits per heavy atom. The number of aromatic nitrogens is 1. The molecule has 174 valence electrons. The quantitative estimate of drug-likeness (QED) is 0.434. The van der Waals surface area contributed by atoms with E-state index in [2.05, 4.69) is 10.3 Å². The lowest BCUT2D eigenvalue weighted by atomic mass is 9.96. The van der Waals surface area contributed by atoms with Gasteiger partial charge in [-0.2, -0.15) is 0 Å². The molecule has 2 saturated heterocycles. The average Bonchev–Trinajstić information content (AvgIpc) is 3.21. The van der Waals surface area contributed by atoms with Crippen molar-refractivity contribution in [1.82, 2.24) is 4.98 Å². The summed E-state index contributed by atoms with van der Waals surface area (Å²) in [5, 5.41) is 25.5. The lowest BCUT2D eigenvalue weighted by Crippen LogP contribution is -2.63. The third kappa shape index (κ3) is 4.09. The molecule has 2 aliphatic rings. The molecule has 3 heterocycles. The monoisotopic (exact) mass is 454 g/mol. The van der Waals surface area contributed by atoms with Gasteiger partial charge < -0.3 is 39.5 Å². The molecule has 3 aromatic rings. The fourth-order valence-corrected chi connectivity index (χ4v) is 4.30. The molecule has 4 N–H and O–H groups in total. The number of ether oxygens (including phenoxy) is 4. The maximum absolute atomic E-state index is 12.5. The Bertz CT molecular complexity index is 1120. The third-order valence-corrected chi connectivity index (χ3v) is 5.92. The van der Waals surface area contributed by atoms with E-state index in [-0.39, 0.29) is 18.9 Å². The number of rotatable bonds is 5. The lowest BCUT2D eigenvalue weighted by Gasteiger charge is -2.46. The van der Waals surface area contributed by atoms with Gasteiger partial charge in [0.2, 0.25) is 0 Å². The minimum Gasteiger partial charge on any atom is -0.461 e. The SMILES string of the molecule is CCOC(=O)c1[nH]c2ccccc2c1N[C@@H]1O[C@@H]2COC(c3ccccc3)O[C@H]2[C@H](O)[C@H]1O. The normalized spacial score (nSPS) is 29.4. The molecule has 1 unspecified atom stereocenters. The van der Waals surface area contributed by atoms with Crippen molar-refractivity contribution in [2.75, 3.05) is 18.5 Å². The molecule has 0 amide bonds. The van der Waals surface area contributed by atoms with Crippen LogP contribution in [0.5, 0.6) is 0 Å². The summed E-state index contributed by atoms with van der Waals surface area (Å²) in [6, 6.07) is 16.7. The van der Waals surface area contributed by atoms with Gasteiger partial charge in [-0.3, -0.25) is 0 Å². The van der Waals surface area contributed by atoms with Crippen molar-refractivity contribution < 1.29 is 34.0 Å². The summed E-state index contributed by atoms with van der Waals surface area (Å²) in [7, 11) is 0. The Morgan fingerprint density at radius 2 is 1.85 bits per heavy atom. The van der Waals surface area contributed by atoms with Gasteiger partial charge in [0.05, 0.1) is 18.9 Å². The van der Waals surface area contributed by atoms with Crippen molar-refractivity contribution in [2.24, 2.45) is 0 Å². The molecule has 0 spiro atoms. The molecule has 9 heteroatoms. The Labute approximate surface area is 190 Å². The number of aromatic amines is 1. The third-order valence-electron chi connectivity index (χ3n) is 5.92. The second kappa shape index (κ2) is 9.12. The van der Waals surface area contributed by atoms with Gasteiger partial charge in [0.1, 0.15) is 30.1 Å². The summed E-state index contributed by atoms with van der Waals surface area (Å²) in [4.78, 5) is 15.6. The van der Waals surface area contributed by atoms with Gasteiger partial charge in [0.15, 0.2) is 12.5 Å². The Hall–Kier alpha value is -2.95. The van der Waals surface area contributed by atoms with Crippen LogP contribution in [-0.2, 0) is 18.9 Å². The van der Waals surface area contributed by atoms with Crippen LogP contribution in [0.3, 0.4) is 0 Å². The lowest BCUT2D eigenvalue weighted by molar-refractivity contribution is -0.325. The van der Waals surface area contributed by atoms with Gasteiger partial charge in [-0.1, -0.05) is 48.5 Å². The van der Waals surface area contributed by atoms with E-state index in [1.54, 1.807) is 6.92 Å². The molecular weight excluding hydrogens is 428 g/mol. The van der Waals surface area contributed by atoms with Crippen LogP contribution in [0, 0.1) is 0 Å². The minimum atomic E-state index is -1.32. The summed E-state index contributed by atoms with van der Waals surface area (Å²) < 4.78 is 23.0. The van der Waals surface area contributed by atoms with E-state index < -0.39 is 42.9 Å². The zero-order chi connectivity index (χ0) is 22.9. The number of H-pyrrole nitrogens is 1. The molecule has 9 nitrogen and oxygen atoms in total. The number of aliphatic hydroxyl groups is 2. The molecule has 33 heavy (non-hydrogen) atoms. The number of anilines is 1. The number of benzene rings is 2. The highest BCUT2D eigenvalue weighted by molar-refractivity contribution is 6.06. The highest BCUT2D eigenvalue weighted by Gasteiger charge is 2.49. The van der Waals surface area contributed by atoms with Gasteiger partial charge in [-0.05, 0) is 13.0 Å². The standard InChI is InChI=1S/C24H26N2O7/c1-2-30-23(29)18-17(14-10-6-7-11-15(14)25-18)26-22-20(28)19(27)21-16(32-22)12-31-24(33-21)13-8-4-3-5-9-13/h3-11,16,19-22,24-28H,2,12H2,1H3/t16-,19-,20-,21-,22-,24?/m1/s1. The van der Waals surface area contributed by atoms with Crippen molar-refractivity contribution in [2.45, 2.75) is 43.9 Å². The van der Waals surface area contributed by atoms with Crippen molar-refractivity contribution in [1.29, 1.82) is 0 Å². The Balaban J connectivity index is 1.38. The molecule has 0 bridgehead atoms. The smallest absolute Gasteiger partial charge is 0.356 e. The predicted octanol–water partition coefficient (Wildman–Crippen LogP) is 2.32. The molecular formula is C24H26N2O7. The van der Waals surface area contributed by atoms with Crippen LogP contribution in [0.2, 0.25) is 0 Å². The van der Waals surface area contributed by atoms with E-state index in [9.17, 15) is 15.0 Å². The van der Waals surface area contributed by atoms with Crippen molar-refractivity contribution in [3.05, 3.63) is 65.9 Å². The molecule has 0 aliphatic carbocycles. The average molecular weight is 454 g/mol. The first kappa shape index (κ1) is 21.9. The van der Waals surface area contributed by atoms with Crippen LogP contribution >= 0.6 is 0 Å². The summed E-state index contributed by atoms with van der Waals surface area (Å²) in [6.45, 7) is 2.12. The van der Waals surface area contributed by atoms with Crippen molar-refractivity contribution in [3.8, 4) is 0 Å². The van der Waals surface area contributed by atoms with Crippen LogP contribution in [0.25, 0.3) is 10.9 Å². The predicted molar refractivity (Wildman–Crippen MR) is 119 cm³/mol. The molecule has 1 aromatic heterocycles. The van der Waals surface area contributed by atoms with Crippen LogP contribution in [0.1, 0.15) is 29.3 Å². The molecule has 6 atom stereocenters. The number of carbonyl (C=O) groups is 1. The molecule has 2 fully saturated rings. The van der Waals surface area contributed by atoms with Crippen molar-refractivity contribution in [3.63, 3.8) is 0 Å². The number of para-hydroxylation sites is 1. The van der Waals surface area contributed by atoms with Crippen molar-refractivity contribution >= 4 is 22.6 Å². The maximum atomic E-state index is 12.5. The van der Waals surface area contributed by atoms with Crippen LogP contribution in [-0.4, -0.2) is 65.0 Å². The van der Waals surface area contributed by atoms with Gasteiger partial charge in [0.25, 0.3) is 0 Å². The highest BCUT2D eigenvalue weighted by Crippen LogP contribution is 2.36. The fourth-order valence-electron chi connectivity index (χ4n) is 4.30. The minimum absolute atomic E-state index is 0.171. The first-order chi connectivity index (χ1) is 16.1. The molecule has 0 saturated carbocycles. The number of carbonyl (C=O) groups excluding carboxylic acids is 1. The summed E-state index contributed by atoms with van der Waals surface area (Å²) >= 11 is 0. The number of nitrogens with one attached hydrogen (secondary N) is 2. The van der Waals surface area contributed by atoms with Gasteiger partial charge in [-0.25, -0.2) is 4.79 Å². The van der Waals surface area contributed by atoms with E-state index in [1.165, 1.54) is 0 Å². The van der Waals surface area contributed by atoms with E-state index in [0.717, 1.165) is 16.5 Å². The Morgan fingerprint density at radius 3 is 2.64 bits per heavy atom. The first-order valence-electron chi connectivity index (χ1n) is 10.9. The highest BCUT2D eigenvalue weighted by atomic mass is 16.7. The zero-order valence-corrected chi connectivity index (χ0v) is 18.0. The molecule has 0 radical (unpaired) electrons. The number of hydrogen-bond donors (Lipinski definition) is 4. The second-order valence-electron chi connectivity index (χ2n) is 8.04. The van der Waals surface area contributed by atoms with Gasteiger partial charge >= 0.3 is 5.97 Å². The maximum Gasteiger partial charge on any atom is 0.356 e. The first-order valence-corrected chi connectivity index (χ1v) is 10.9. The number of esters is 1. The van der Waals surface area contributed by atoms with E-state index in [0.29, 0.717) is 5.69 Å². The zero-order valence-electron chi connectivity index (χ0n) is 18.0. The van der Waals surface area contributed by atoms with Crippen LogP contribution in [0.4, 0.5) is 5.69 Å². The van der Waals surface area contributed by atoms with Gasteiger partial charge in [-0.15, -0.1) is 0 Å². The summed E-state index contributed by atoms with van der Waals surface area (Å²) in [6.07, 6.45) is -5.60. The molecule has 5 rings (SSSR count). The van der Waals surface area contributed by atoms with Gasteiger partial charge in [0, 0.05) is 16.5 Å².